The molecule has 0 spiro atoms. The third-order valence-electron chi connectivity index (χ3n) is 3.36. The van der Waals surface area contributed by atoms with Gasteiger partial charge in [-0.1, -0.05) is 0 Å². The van der Waals surface area contributed by atoms with Gasteiger partial charge in [-0.25, -0.2) is 0 Å². The summed E-state index contributed by atoms with van der Waals surface area (Å²) in [6.07, 6.45) is 0. The molecule has 0 aromatic heterocycles. The summed E-state index contributed by atoms with van der Waals surface area (Å²) in [4.78, 5) is 0. The molecule has 0 nitrogen and oxygen atoms in total. The van der Waals surface area contributed by atoms with Crippen molar-refractivity contribution in [3.8, 4) is 0 Å². The summed E-state index contributed by atoms with van der Waals surface area (Å²) >= 11 is 3.55. The zero-order chi connectivity index (χ0) is 13.8. The molecule has 0 aliphatic carbocycles. The first-order valence-electron chi connectivity index (χ1n) is 6.59. The Morgan fingerprint density at radius 3 is 0.950 bits per heavy atom. The number of rotatable bonds is 3. The third kappa shape index (κ3) is 2.45. The minimum atomic E-state index is -1.65. The van der Waals surface area contributed by atoms with E-state index in [1.165, 1.54) is 15.9 Å². The first-order valence-corrected chi connectivity index (χ1v) is 10.6. The summed E-state index contributed by atoms with van der Waals surface area (Å²) in [6.45, 7) is 0. The van der Waals surface area contributed by atoms with Crippen LogP contribution in [0.1, 0.15) is 0 Å². The maximum atomic E-state index is 3.55. The van der Waals surface area contributed by atoms with Gasteiger partial charge in [0.1, 0.15) is 0 Å². The molecule has 3 rings (SSSR count). The predicted molar refractivity (Wildman–Crippen MR) is 90.9 cm³/mol. The van der Waals surface area contributed by atoms with Gasteiger partial charge in [0, 0.05) is 0 Å². The number of hydrogen-bond acceptors (Lipinski definition) is 0. The normalized spacial score (nSPS) is 11.2. The fraction of sp³-hybridized carbons (Fsp3) is 0. The zero-order valence-corrected chi connectivity index (χ0v) is 13.6. The van der Waals surface area contributed by atoms with Crippen LogP contribution < -0.4 is 15.9 Å². The summed E-state index contributed by atoms with van der Waals surface area (Å²) in [5, 5.41) is 4.12. The molecule has 0 aliphatic rings. The Bertz CT molecular complexity index is 618. The van der Waals surface area contributed by atoms with Crippen LogP contribution in [0.4, 0.5) is 0 Å². The molecule has 0 saturated heterocycles. The van der Waals surface area contributed by atoms with Crippen molar-refractivity contribution in [3.05, 3.63) is 91.0 Å². The minimum absolute atomic E-state index is 1.37. The molecule has 0 heterocycles. The van der Waals surface area contributed by atoms with Crippen LogP contribution in [-0.2, 0) is 0 Å². The molecule has 0 saturated carbocycles. The maximum absolute atomic E-state index is 3.55. The number of benzene rings is 3. The average molecular weight is 341 g/mol. The standard InChI is InChI=1S/C18H15PSe/c20-19(16-10-4-1-5-11-16,17-12-6-2-7-13-17)18-14-8-3-9-15-18/h1-15H. The van der Waals surface area contributed by atoms with Crippen molar-refractivity contribution < 1.29 is 0 Å². The topological polar surface area (TPSA) is 0 Å². The monoisotopic (exact) mass is 342 g/mol. The molecule has 0 fully saturated rings. The van der Waals surface area contributed by atoms with Crippen LogP contribution in [0.5, 0.6) is 0 Å². The van der Waals surface area contributed by atoms with Crippen LogP contribution in [0.3, 0.4) is 0 Å². The van der Waals surface area contributed by atoms with Crippen molar-refractivity contribution in [2.24, 2.45) is 0 Å². The Hall–Kier alpha value is -1.39. The van der Waals surface area contributed by atoms with Gasteiger partial charge in [-0.2, -0.15) is 0 Å². The second kappa shape index (κ2) is 5.94. The molecule has 0 aliphatic heterocycles. The van der Waals surface area contributed by atoms with Gasteiger partial charge < -0.3 is 0 Å². The molecular formula is C18H15PSe. The zero-order valence-electron chi connectivity index (χ0n) is 11.0. The SMILES string of the molecule is [Se]=P(c1ccccc1)(c1ccccc1)c1ccccc1. The van der Waals surface area contributed by atoms with Crippen molar-refractivity contribution in [2.75, 3.05) is 0 Å². The Balaban J connectivity index is 2.27. The van der Waals surface area contributed by atoms with Crippen LogP contribution in [0.25, 0.3) is 0 Å². The van der Waals surface area contributed by atoms with E-state index in [1.807, 2.05) is 0 Å². The Kier molecular flexibility index (Phi) is 4.03. The fourth-order valence-electron chi connectivity index (χ4n) is 2.36. The Morgan fingerprint density at radius 1 is 0.450 bits per heavy atom. The average Bonchev–Trinajstić information content (AvgIpc) is 2.56. The molecule has 0 radical (unpaired) electrons. The van der Waals surface area contributed by atoms with Gasteiger partial charge in [0.2, 0.25) is 0 Å². The van der Waals surface area contributed by atoms with Crippen molar-refractivity contribution in [1.29, 1.82) is 0 Å². The first kappa shape index (κ1) is 13.6. The summed E-state index contributed by atoms with van der Waals surface area (Å²) in [5.41, 5.74) is -1.65. The molecular weight excluding hydrogens is 326 g/mol. The summed E-state index contributed by atoms with van der Waals surface area (Å²) in [7, 11) is 0. The molecule has 0 amide bonds. The van der Waals surface area contributed by atoms with Crippen LogP contribution >= 0.6 is 5.51 Å². The van der Waals surface area contributed by atoms with Gasteiger partial charge in [0.25, 0.3) is 0 Å². The molecule has 0 N–H and O–H groups in total. The van der Waals surface area contributed by atoms with Crippen molar-refractivity contribution in [3.63, 3.8) is 0 Å². The summed E-state index contributed by atoms with van der Waals surface area (Å²) in [6, 6.07) is 32.3. The number of hydrogen-bond donors (Lipinski definition) is 0. The second-order valence-electron chi connectivity index (χ2n) is 4.62. The molecule has 3 aromatic rings. The van der Waals surface area contributed by atoms with E-state index in [-0.39, 0.29) is 0 Å². The molecule has 3 aromatic carbocycles. The van der Waals surface area contributed by atoms with Crippen molar-refractivity contribution >= 4 is 36.5 Å². The third-order valence-corrected chi connectivity index (χ3v) is 10.4. The van der Waals surface area contributed by atoms with E-state index in [0.29, 0.717) is 0 Å². The van der Waals surface area contributed by atoms with Gasteiger partial charge in [0.05, 0.1) is 0 Å². The molecule has 0 unspecified atom stereocenters. The van der Waals surface area contributed by atoms with Crippen molar-refractivity contribution in [2.45, 2.75) is 0 Å². The van der Waals surface area contributed by atoms with Gasteiger partial charge in [0.15, 0.2) is 0 Å². The van der Waals surface area contributed by atoms with E-state index >= 15 is 0 Å². The second-order valence-corrected chi connectivity index (χ2v) is 10.8. The molecule has 0 bridgehead atoms. The van der Waals surface area contributed by atoms with Gasteiger partial charge in [-0.05, 0) is 0 Å². The van der Waals surface area contributed by atoms with Crippen LogP contribution in [0.2, 0.25) is 0 Å². The quantitative estimate of drug-likeness (QED) is 0.507. The van der Waals surface area contributed by atoms with Crippen molar-refractivity contribution in [1.82, 2.24) is 0 Å². The van der Waals surface area contributed by atoms with Gasteiger partial charge in [-0.15, -0.1) is 0 Å². The van der Waals surface area contributed by atoms with E-state index in [4.69, 9.17) is 0 Å². The van der Waals surface area contributed by atoms with E-state index in [0.717, 1.165) is 0 Å². The van der Waals surface area contributed by atoms with Crippen LogP contribution in [0.15, 0.2) is 91.0 Å². The molecule has 98 valence electrons. The molecule has 2 heteroatoms. The Morgan fingerprint density at radius 2 is 0.700 bits per heavy atom. The van der Waals surface area contributed by atoms with E-state index in [2.05, 4.69) is 106 Å². The Labute approximate surface area is 127 Å². The summed E-state index contributed by atoms with van der Waals surface area (Å²) in [5.74, 6) is 0. The van der Waals surface area contributed by atoms with Crippen LogP contribution in [-0.4, -0.2) is 15.1 Å². The van der Waals surface area contributed by atoms with Gasteiger partial charge in [-0.3, -0.25) is 0 Å². The molecule has 20 heavy (non-hydrogen) atoms. The van der Waals surface area contributed by atoms with Gasteiger partial charge >= 0.3 is 128 Å². The van der Waals surface area contributed by atoms with E-state index in [9.17, 15) is 0 Å². The van der Waals surface area contributed by atoms with Crippen LogP contribution in [0, 0.1) is 0 Å². The predicted octanol–water partition coefficient (Wildman–Crippen LogP) is 3.06. The molecule has 0 atom stereocenters. The van der Waals surface area contributed by atoms with E-state index < -0.39 is 5.51 Å². The van der Waals surface area contributed by atoms with E-state index in [1.54, 1.807) is 0 Å². The summed E-state index contributed by atoms with van der Waals surface area (Å²) < 4.78 is 0. The first-order chi connectivity index (χ1) is 9.82. The fourth-order valence-corrected chi connectivity index (χ4v) is 7.33.